The Labute approximate surface area is 70.3 Å². The van der Waals surface area contributed by atoms with E-state index in [0.29, 0.717) is 6.42 Å². The van der Waals surface area contributed by atoms with Crippen LogP contribution in [-0.2, 0) is 9.59 Å². The number of rotatable bonds is 3. The number of nitrogens with one attached hydrogen (secondary N) is 1. The molecule has 0 saturated carbocycles. The lowest BCUT2D eigenvalue weighted by atomic mass is 10.1. The van der Waals surface area contributed by atoms with Crippen molar-refractivity contribution in [3.8, 4) is 0 Å². The van der Waals surface area contributed by atoms with Crippen LogP contribution in [-0.4, -0.2) is 23.0 Å². The summed E-state index contributed by atoms with van der Waals surface area (Å²) < 4.78 is 0. The molecule has 1 rings (SSSR count). The molecular formula is C8H11NO3. The predicted octanol–water partition coefficient (Wildman–Crippen LogP) is -0.270. The molecule has 1 aliphatic rings. The number of aliphatic hydroxyl groups is 1. The van der Waals surface area contributed by atoms with Crippen LogP contribution in [0.5, 0.6) is 0 Å². The number of carbonyl (C=O) groups is 2. The molecule has 1 atom stereocenters. The van der Waals surface area contributed by atoms with Crippen LogP contribution >= 0.6 is 0 Å². The van der Waals surface area contributed by atoms with Crippen molar-refractivity contribution in [1.29, 1.82) is 0 Å². The second-order valence-corrected chi connectivity index (χ2v) is 2.72. The molecule has 0 aliphatic carbocycles. The van der Waals surface area contributed by atoms with Crippen LogP contribution in [0.1, 0.15) is 19.8 Å². The highest BCUT2D eigenvalue weighted by Crippen LogP contribution is 2.12. The Morgan fingerprint density at radius 3 is 2.67 bits per heavy atom. The van der Waals surface area contributed by atoms with Crippen LogP contribution in [0.3, 0.4) is 0 Å². The third kappa shape index (κ3) is 1.71. The molecule has 0 aromatic heterocycles. The number of imide groups is 1. The van der Waals surface area contributed by atoms with Crippen molar-refractivity contribution in [2.75, 3.05) is 0 Å². The normalized spacial score (nSPS) is 19.0. The molecule has 0 bridgehead atoms. The molecule has 0 aromatic carbocycles. The van der Waals surface area contributed by atoms with E-state index < -0.39 is 17.9 Å². The monoisotopic (exact) mass is 169 g/mol. The van der Waals surface area contributed by atoms with Gasteiger partial charge in [-0.3, -0.25) is 14.9 Å². The largest absolute Gasteiger partial charge is 0.388 e. The molecule has 1 unspecified atom stereocenters. The maximum Gasteiger partial charge on any atom is 0.256 e. The zero-order valence-corrected chi connectivity index (χ0v) is 6.83. The van der Waals surface area contributed by atoms with Crippen molar-refractivity contribution in [1.82, 2.24) is 5.32 Å². The van der Waals surface area contributed by atoms with E-state index in [2.05, 4.69) is 5.32 Å². The van der Waals surface area contributed by atoms with E-state index in [4.69, 9.17) is 0 Å². The minimum absolute atomic E-state index is 0.182. The Morgan fingerprint density at radius 2 is 2.25 bits per heavy atom. The fraction of sp³-hybridized carbons (Fsp3) is 0.500. The third-order valence-electron chi connectivity index (χ3n) is 1.71. The molecule has 12 heavy (non-hydrogen) atoms. The summed E-state index contributed by atoms with van der Waals surface area (Å²) in [6.45, 7) is 1.90. The standard InChI is InChI=1S/C8H11NO3/c1-2-3-6(10)5-4-7(11)9-8(5)12/h4,6,10H,2-3H2,1H3,(H,9,11,12). The minimum atomic E-state index is -0.804. The zero-order chi connectivity index (χ0) is 9.14. The van der Waals surface area contributed by atoms with Gasteiger partial charge in [-0.25, -0.2) is 0 Å². The van der Waals surface area contributed by atoms with E-state index in [9.17, 15) is 14.7 Å². The SMILES string of the molecule is CCCC(O)C1=CC(=O)NC1=O. The molecule has 0 fully saturated rings. The lowest BCUT2D eigenvalue weighted by molar-refractivity contribution is -0.124. The molecule has 2 N–H and O–H groups in total. The van der Waals surface area contributed by atoms with Gasteiger partial charge in [-0.2, -0.15) is 0 Å². The van der Waals surface area contributed by atoms with Gasteiger partial charge >= 0.3 is 0 Å². The van der Waals surface area contributed by atoms with E-state index in [0.717, 1.165) is 12.5 Å². The molecule has 4 nitrogen and oxygen atoms in total. The predicted molar refractivity (Wildman–Crippen MR) is 42.1 cm³/mol. The number of aliphatic hydroxyl groups excluding tert-OH is 1. The highest BCUT2D eigenvalue weighted by atomic mass is 16.3. The maximum absolute atomic E-state index is 10.9. The molecule has 66 valence electrons. The first kappa shape index (κ1) is 8.93. The molecule has 0 saturated heterocycles. The Bertz CT molecular complexity index is 245. The van der Waals surface area contributed by atoms with E-state index in [-0.39, 0.29) is 5.57 Å². The van der Waals surface area contributed by atoms with Gasteiger partial charge in [0.25, 0.3) is 11.8 Å². The molecule has 4 heteroatoms. The first-order valence-corrected chi connectivity index (χ1v) is 3.90. The van der Waals surface area contributed by atoms with Crippen LogP contribution in [0.2, 0.25) is 0 Å². The van der Waals surface area contributed by atoms with Crippen molar-refractivity contribution >= 4 is 11.8 Å². The average Bonchev–Trinajstić information content (AvgIpc) is 2.30. The van der Waals surface area contributed by atoms with Gasteiger partial charge in [-0.1, -0.05) is 13.3 Å². The Morgan fingerprint density at radius 1 is 1.58 bits per heavy atom. The Hall–Kier alpha value is -1.16. The molecule has 0 spiro atoms. The van der Waals surface area contributed by atoms with Crippen molar-refractivity contribution in [3.63, 3.8) is 0 Å². The van der Waals surface area contributed by atoms with E-state index in [1.165, 1.54) is 0 Å². The molecule has 2 amide bonds. The highest BCUT2D eigenvalue weighted by molar-refractivity contribution is 6.16. The fourth-order valence-corrected chi connectivity index (χ4v) is 1.10. The van der Waals surface area contributed by atoms with Crippen molar-refractivity contribution in [2.24, 2.45) is 0 Å². The summed E-state index contributed by atoms with van der Waals surface area (Å²) in [6, 6.07) is 0. The quantitative estimate of drug-likeness (QED) is 0.571. The van der Waals surface area contributed by atoms with Crippen LogP contribution in [0, 0.1) is 0 Å². The lowest BCUT2D eigenvalue weighted by Crippen LogP contribution is -2.25. The first-order chi connectivity index (χ1) is 5.65. The molecular weight excluding hydrogens is 158 g/mol. The van der Waals surface area contributed by atoms with Crippen LogP contribution in [0.4, 0.5) is 0 Å². The molecule has 1 aliphatic heterocycles. The van der Waals surface area contributed by atoms with Gasteiger partial charge in [0.1, 0.15) is 0 Å². The summed E-state index contributed by atoms with van der Waals surface area (Å²) in [5.41, 5.74) is 0.182. The summed E-state index contributed by atoms with van der Waals surface area (Å²) in [7, 11) is 0. The summed E-state index contributed by atoms with van der Waals surface area (Å²) >= 11 is 0. The Balaban J connectivity index is 2.67. The van der Waals surface area contributed by atoms with Gasteiger partial charge in [0.2, 0.25) is 0 Å². The molecule has 0 radical (unpaired) electrons. The van der Waals surface area contributed by atoms with Crippen molar-refractivity contribution < 1.29 is 14.7 Å². The number of amides is 2. The highest BCUT2D eigenvalue weighted by Gasteiger charge is 2.25. The number of hydrogen-bond donors (Lipinski definition) is 2. The first-order valence-electron chi connectivity index (χ1n) is 3.90. The van der Waals surface area contributed by atoms with E-state index >= 15 is 0 Å². The van der Waals surface area contributed by atoms with Gasteiger partial charge in [0.15, 0.2) is 0 Å². The van der Waals surface area contributed by atoms with Gasteiger partial charge in [0, 0.05) is 6.08 Å². The van der Waals surface area contributed by atoms with Crippen LogP contribution in [0.15, 0.2) is 11.6 Å². The van der Waals surface area contributed by atoms with Gasteiger partial charge in [-0.15, -0.1) is 0 Å². The topological polar surface area (TPSA) is 66.4 Å². The van der Waals surface area contributed by atoms with Gasteiger partial charge < -0.3 is 5.11 Å². The van der Waals surface area contributed by atoms with E-state index in [1.807, 2.05) is 6.92 Å². The summed E-state index contributed by atoms with van der Waals surface area (Å²) in [5.74, 6) is -0.911. The van der Waals surface area contributed by atoms with Crippen LogP contribution < -0.4 is 5.32 Å². The summed E-state index contributed by atoms with van der Waals surface area (Å²) in [5, 5.41) is 11.4. The lowest BCUT2D eigenvalue weighted by Gasteiger charge is -2.07. The van der Waals surface area contributed by atoms with Crippen molar-refractivity contribution in [3.05, 3.63) is 11.6 Å². The van der Waals surface area contributed by atoms with E-state index in [1.54, 1.807) is 0 Å². The molecule has 0 aromatic rings. The second-order valence-electron chi connectivity index (χ2n) is 2.72. The second kappa shape index (κ2) is 3.49. The summed E-state index contributed by atoms with van der Waals surface area (Å²) in [4.78, 5) is 21.6. The minimum Gasteiger partial charge on any atom is -0.388 e. The smallest absolute Gasteiger partial charge is 0.256 e. The van der Waals surface area contributed by atoms with Crippen LogP contribution in [0.25, 0.3) is 0 Å². The number of carbonyl (C=O) groups excluding carboxylic acids is 2. The number of hydrogen-bond acceptors (Lipinski definition) is 3. The van der Waals surface area contributed by atoms with Gasteiger partial charge in [0.05, 0.1) is 11.7 Å². The average molecular weight is 169 g/mol. The zero-order valence-electron chi connectivity index (χ0n) is 6.83. The van der Waals surface area contributed by atoms with Gasteiger partial charge in [-0.05, 0) is 6.42 Å². The Kier molecular flexibility index (Phi) is 2.60. The summed E-state index contributed by atoms with van der Waals surface area (Å²) in [6.07, 6.45) is 1.64. The third-order valence-corrected chi connectivity index (χ3v) is 1.71. The molecule has 1 heterocycles. The fourth-order valence-electron chi connectivity index (χ4n) is 1.10. The maximum atomic E-state index is 10.9. The van der Waals surface area contributed by atoms with Crippen molar-refractivity contribution in [2.45, 2.75) is 25.9 Å².